The Morgan fingerprint density at radius 3 is 2.43 bits per heavy atom. The van der Waals surface area contributed by atoms with Crippen LogP contribution >= 0.6 is 34.8 Å². The van der Waals surface area contributed by atoms with Crippen LogP contribution in [-0.2, 0) is 6.42 Å². The Morgan fingerprint density at radius 2 is 1.73 bits per heavy atom. The Balaban J connectivity index is 0.000000301. The van der Waals surface area contributed by atoms with Crippen molar-refractivity contribution in [3.63, 3.8) is 0 Å². The third-order valence-corrected chi connectivity index (χ3v) is 7.35. The summed E-state index contributed by atoms with van der Waals surface area (Å²) in [6.45, 7) is 5.79. The van der Waals surface area contributed by atoms with Crippen molar-refractivity contribution in [1.82, 2.24) is 15.2 Å². The van der Waals surface area contributed by atoms with Gasteiger partial charge in [0.25, 0.3) is 5.91 Å². The number of benzene rings is 3. The summed E-state index contributed by atoms with van der Waals surface area (Å²) in [5.74, 6) is -0.0550. The van der Waals surface area contributed by atoms with Gasteiger partial charge in [-0.2, -0.15) is 0 Å². The number of aliphatic hydroxyl groups excluding tert-OH is 1. The molecule has 3 N–H and O–H groups in total. The van der Waals surface area contributed by atoms with Gasteiger partial charge in [0.05, 0.1) is 12.6 Å². The van der Waals surface area contributed by atoms with E-state index in [1.165, 1.54) is 16.7 Å². The lowest BCUT2D eigenvalue weighted by Crippen LogP contribution is -2.44. The highest BCUT2D eigenvalue weighted by Crippen LogP contribution is 2.36. The van der Waals surface area contributed by atoms with Gasteiger partial charge in [-0.3, -0.25) is 4.79 Å². The number of aliphatic hydroxyl groups is 1. The standard InChI is InChI=1S/C21H21Cl2N3O2.C8H9Cl/c22-14-3-1-2-13(10-14)21(28)26-8-6-16-17-11-15(23)4-5-18(17)25-20(16)19(26)12-24-7-9-27;1-6-3-4-8(9)5-7(6)2/h1-5,10-11,19,24-25,27H,6-9,12H2;3-5H,1-2H3. The van der Waals surface area contributed by atoms with Crippen molar-refractivity contribution >= 4 is 51.6 Å². The summed E-state index contributed by atoms with van der Waals surface area (Å²) in [5, 5.41) is 15.5. The fraction of sp³-hybridized carbons (Fsp3) is 0.276. The summed E-state index contributed by atoms with van der Waals surface area (Å²) in [4.78, 5) is 18.6. The van der Waals surface area contributed by atoms with Crippen molar-refractivity contribution in [3.05, 3.63) is 104 Å². The molecule has 1 aromatic heterocycles. The predicted octanol–water partition coefficient (Wildman–Crippen LogP) is 6.75. The van der Waals surface area contributed by atoms with E-state index in [1.807, 2.05) is 41.3 Å². The Bertz CT molecular complexity index is 1400. The second-order valence-electron chi connectivity index (χ2n) is 9.14. The summed E-state index contributed by atoms with van der Waals surface area (Å²) >= 11 is 18.0. The van der Waals surface area contributed by atoms with Crippen molar-refractivity contribution in [2.24, 2.45) is 0 Å². The zero-order valence-electron chi connectivity index (χ0n) is 20.8. The number of amides is 1. The maximum atomic E-state index is 13.2. The Kier molecular flexibility index (Phi) is 9.17. The lowest BCUT2D eigenvalue weighted by molar-refractivity contribution is 0.0654. The molecule has 0 bridgehead atoms. The summed E-state index contributed by atoms with van der Waals surface area (Å²) in [7, 11) is 0. The molecular formula is C29H30Cl3N3O2. The SMILES string of the molecule is Cc1ccc(Cl)cc1C.O=C(c1cccc(Cl)c1)N1CCc2c([nH]c3ccc(Cl)cc23)C1CNCCO. The Morgan fingerprint density at radius 1 is 1.00 bits per heavy atom. The third kappa shape index (κ3) is 6.49. The van der Waals surface area contributed by atoms with Crippen LogP contribution in [0, 0.1) is 13.8 Å². The second-order valence-corrected chi connectivity index (χ2v) is 10.4. The monoisotopic (exact) mass is 557 g/mol. The highest BCUT2D eigenvalue weighted by atomic mass is 35.5. The number of aromatic amines is 1. The molecule has 4 aromatic rings. The molecule has 5 rings (SSSR count). The molecule has 2 heterocycles. The van der Waals surface area contributed by atoms with E-state index in [2.05, 4.69) is 24.1 Å². The molecule has 3 aromatic carbocycles. The van der Waals surface area contributed by atoms with Crippen LogP contribution in [0.3, 0.4) is 0 Å². The van der Waals surface area contributed by atoms with Crippen LogP contribution in [0.1, 0.15) is 38.8 Å². The van der Waals surface area contributed by atoms with Crippen LogP contribution in [0.25, 0.3) is 10.9 Å². The van der Waals surface area contributed by atoms with Crippen LogP contribution in [0.2, 0.25) is 15.1 Å². The number of nitrogens with zero attached hydrogens (tertiary/aromatic N) is 1. The molecule has 0 spiro atoms. The van der Waals surface area contributed by atoms with E-state index in [0.29, 0.717) is 35.2 Å². The molecule has 1 unspecified atom stereocenters. The first-order valence-corrected chi connectivity index (χ1v) is 13.3. The quantitative estimate of drug-likeness (QED) is 0.237. The van der Waals surface area contributed by atoms with Gasteiger partial charge in [0.15, 0.2) is 0 Å². The number of halogens is 3. The van der Waals surface area contributed by atoms with Crippen LogP contribution in [0.4, 0.5) is 0 Å². The third-order valence-electron chi connectivity index (χ3n) is 6.64. The number of fused-ring (bicyclic) bond motifs is 3. The average Bonchev–Trinajstić information content (AvgIpc) is 3.25. The number of H-pyrrole nitrogens is 1. The topological polar surface area (TPSA) is 68.4 Å². The Labute approximate surface area is 232 Å². The minimum Gasteiger partial charge on any atom is -0.395 e. The molecule has 0 radical (unpaired) electrons. The molecule has 1 aliphatic rings. The van der Waals surface area contributed by atoms with Gasteiger partial charge in [0, 0.05) is 56.9 Å². The van der Waals surface area contributed by atoms with Crippen molar-refractivity contribution in [3.8, 4) is 0 Å². The molecule has 1 atom stereocenters. The van der Waals surface area contributed by atoms with Gasteiger partial charge in [0.2, 0.25) is 0 Å². The normalized spacial score (nSPS) is 14.8. The molecule has 0 saturated carbocycles. The van der Waals surface area contributed by atoms with Gasteiger partial charge in [-0.1, -0.05) is 46.9 Å². The first-order chi connectivity index (χ1) is 17.8. The van der Waals surface area contributed by atoms with Crippen LogP contribution in [0.15, 0.2) is 60.7 Å². The van der Waals surface area contributed by atoms with Gasteiger partial charge in [0.1, 0.15) is 0 Å². The summed E-state index contributed by atoms with van der Waals surface area (Å²) in [6.07, 6.45) is 0.748. The molecule has 0 fully saturated rings. The van der Waals surface area contributed by atoms with Crippen molar-refractivity contribution in [1.29, 1.82) is 0 Å². The zero-order valence-corrected chi connectivity index (χ0v) is 23.1. The van der Waals surface area contributed by atoms with E-state index in [4.69, 9.17) is 39.9 Å². The van der Waals surface area contributed by atoms with Crippen LogP contribution in [0.5, 0.6) is 0 Å². The van der Waals surface area contributed by atoms with Gasteiger partial charge < -0.3 is 20.3 Å². The van der Waals surface area contributed by atoms with E-state index in [-0.39, 0.29) is 18.6 Å². The van der Waals surface area contributed by atoms with Crippen molar-refractivity contribution in [2.45, 2.75) is 26.3 Å². The fourth-order valence-electron chi connectivity index (χ4n) is 4.60. The highest BCUT2D eigenvalue weighted by molar-refractivity contribution is 6.31. The maximum Gasteiger partial charge on any atom is 0.254 e. The number of rotatable bonds is 5. The number of hydrogen-bond acceptors (Lipinski definition) is 3. The van der Waals surface area contributed by atoms with E-state index < -0.39 is 0 Å². The van der Waals surface area contributed by atoms with Gasteiger partial charge >= 0.3 is 0 Å². The van der Waals surface area contributed by atoms with Gasteiger partial charge in [-0.15, -0.1) is 0 Å². The van der Waals surface area contributed by atoms with E-state index in [9.17, 15) is 4.79 Å². The highest BCUT2D eigenvalue weighted by Gasteiger charge is 2.33. The fourth-order valence-corrected chi connectivity index (χ4v) is 5.19. The van der Waals surface area contributed by atoms with Crippen LogP contribution < -0.4 is 5.32 Å². The molecular weight excluding hydrogens is 529 g/mol. The molecule has 0 aliphatic carbocycles. The lowest BCUT2D eigenvalue weighted by atomic mass is 9.96. The smallest absolute Gasteiger partial charge is 0.254 e. The van der Waals surface area contributed by atoms with Crippen molar-refractivity contribution in [2.75, 3.05) is 26.2 Å². The number of aryl methyl sites for hydroxylation is 2. The first kappa shape index (κ1) is 27.5. The van der Waals surface area contributed by atoms with Crippen molar-refractivity contribution < 1.29 is 9.90 Å². The van der Waals surface area contributed by atoms with E-state index in [0.717, 1.165) is 28.0 Å². The van der Waals surface area contributed by atoms with Crippen LogP contribution in [-0.4, -0.2) is 47.1 Å². The molecule has 1 amide bonds. The molecule has 1 aliphatic heterocycles. The molecule has 0 saturated heterocycles. The van der Waals surface area contributed by atoms with E-state index >= 15 is 0 Å². The van der Waals surface area contributed by atoms with Gasteiger partial charge in [-0.05, 0) is 85.5 Å². The number of aromatic nitrogens is 1. The zero-order chi connectivity index (χ0) is 26.5. The second kappa shape index (κ2) is 12.3. The number of hydrogen-bond donors (Lipinski definition) is 3. The van der Waals surface area contributed by atoms with E-state index in [1.54, 1.807) is 24.3 Å². The lowest BCUT2D eigenvalue weighted by Gasteiger charge is -2.36. The molecule has 5 nitrogen and oxygen atoms in total. The summed E-state index contributed by atoms with van der Waals surface area (Å²) in [6, 6.07) is 18.6. The predicted molar refractivity (Wildman–Crippen MR) is 153 cm³/mol. The number of carbonyl (C=O) groups is 1. The minimum absolute atomic E-state index is 0.0458. The van der Waals surface area contributed by atoms with Gasteiger partial charge in [-0.25, -0.2) is 0 Å². The maximum absolute atomic E-state index is 13.2. The largest absolute Gasteiger partial charge is 0.395 e. The summed E-state index contributed by atoms with van der Waals surface area (Å²) < 4.78 is 0. The number of nitrogens with one attached hydrogen (secondary N) is 2. The molecule has 8 heteroatoms. The minimum atomic E-state index is -0.173. The average molecular weight is 559 g/mol. The number of carbonyl (C=O) groups excluding carboxylic acids is 1. The Hall–Kier alpha value is -2.54. The summed E-state index contributed by atoms with van der Waals surface area (Å²) in [5.41, 5.74) is 6.34. The molecule has 37 heavy (non-hydrogen) atoms. The first-order valence-electron chi connectivity index (χ1n) is 12.2. The molecule has 194 valence electrons.